The first-order chi connectivity index (χ1) is 13.6. The molecule has 2 aromatic rings. The fraction of sp³-hybridized carbons (Fsp3) is 0.304. The molecule has 1 heterocycles. The smallest absolute Gasteiger partial charge is 0.338 e. The van der Waals surface area contributed by atoms with Crippen LogP contribution in [-0.4, -0.2) is 25.7 Å². The van der Waals surface area contributed by atoms with Gasteiger partial charge in [0.15, 0.2) is 0 Å². The van der Waals surface area contributed by atoms with Crippen LogP contribution in [0.5, 0.6) is 0 Å². The van der Waals surface area contributed by atoms with E-state index in [2.05, 4.69) is 17.5 Å². The van der Waals surface area contributed by atoms with Crippen molar-refractivity contribution in [2.75, 3.05) is 19.0 Å². The second-order valence-electron chi connectivity index (χ2n) is 7.11. The van der Waals surface area contributed by atoms with Crippen LogP contribution < -0.4 is 5.32 Å². The topological polar surface area (TPSA) is 64.6 Å². The first kappa shape index (κ1) is 18.3. The molecule has 5 nitrogen and oxygen atoms in total. The van der Waals surface area contributed by atoms with E-state index in [0.717, 1.165) is 23.2 Å². The molecule has 0 saturated heterocycles. The van der Waals surface area contributed by atoms with E-state index in [9.17, 15) is 9.59 Å². The summed E-state index contributed by atoms with van der Waals surface area (Å²) in [7, 11) is 1.38. The SMILES string of the molecule is CCOC(=O)c1ccc2c(c1)C1C=CCC1C(c1ccc(C(=O)OC)cc1)N2. The van der Waals surface area contributed by atoms with Crippen molar-refractivity contribution in [3.05, 3.63) is 76.9 Å². The van der Waals surface area contributed by atoms with Crippen LogP contribution in [0, 0.1) is 5.92 Å². The van der Waals surface area contributed by atoms with Gasteiger partial charge < -0.3 is 14.8 Å². The monoisotopic (exact) mass is 377 g/mol. The molecule has 1 aliphatic carbocycles. The highest BCUT2D eigenvalue weighted by Crippen LogP contribution is 2.49. The molecule has 4 rings (SSSR count). The Bertz CT molecular complexity index is 932. The molecule has 0 fully saturated rings. The van der Waals surface area contributed by atoms with E-state index in [4.69, 9.17) is 9.47 Å². The summed E-state index contributed by atoms with van der Waals surface area (Å²) in [5.41, 5.74) is 4.42. The quantitative estimate of drug-likeness (QED) is 0.629. The van der Waals surface area contributed by atoms with Crippen LogP contribution in [0.15, 0.2) is 54.6 Å². The molecular weight excluding hydrogens is 354 g/mol. The lowest BCUT2D eigenvalue weighted by Gasteiger charge is -2.37. The Labute approximate surface area is 164 Å². The van der Waals surface area contributed by atoms with Gasteiger partial charge in [-0.15, -0.1) is 0 Å². The van der Waals surface area contributed by atoms with Crippen molar-refractivity contribution in [1.29, 1.82) is 0 Å². The van der Waals surface area contributed by atoms with Gasteiger partial charge in [0.1, 0.15) is 0 Å². The number of fused-ring (bicyclic) bond motifs is 3. The summed E-state index contributed by atoms with van der Waals surface area (Å²) in [6.45, 7) is 2.17. The Balaban J connectivity index is 1.65. The fourth-order valence-corrected chi connectivity index (χ4v) is 4.21. The van der Waals surface area contributed by atoms with Crippen molar-refractivity contribution in [2.24, 2.45) is 5.92 Å². The van der Waals surface area contributed by atoms with Crippen LogP contribution in [0.2, 0.25) is 0 Å². The number of hydrogen-bond acceptors (Lipinski definition) is 5. The van der Waals surface area contributed by atoms with Crippen LogP contribution in [0.3, 0.4) is 0 Å². The predicted molar refractivity (Wildman–Crippen MR) is 107 cm³/mol. The summed E-state index contributed by atoms with van der Waals surface area (Å²) in [6, 6.07) is 13.4. The number of anilines is 1. The molecule has 2 aliphatic rings. The van der Waals surface area contributed by atoms with Crippen molar-refractivity contribution in [3.8, 4) is 0 Å². The van der Waals surface area contributed by atoms with Gasteiger partial charge in [-0.05, 0) is 60.7 Å². The van der Waals surface area contributed by atoms with Gasteiger partial charge in [-0.1, -0.05) is 24.3 Å². The Morgan fingerprint density at radius 2 is 1.82 bits per heavy atom. The van der Waals surface area contributed by atoms with Crippen molar-refractivity contribution in [2.45, 2.75) is 25.3 Å². The Morgan fingerprint density at radius 3 is 2.54 bits per heavy atom. The number of carbonyl (C=O) groups is 2. The van der Waals surface area contributed by atoms with Crippen LogP contribution in [0.1, 0.15) is 57.1 Å². The molecule has 0 spiro atoms. The lowest BCUT2D eigenvalue weighted by molar-refractivity contribution is 0.0525. The first-order valence-corrected chi connectivity index (χ1v) is 9.55. The highest BCUT2D eigenvalue weighted by Gasteiger charge is 2.38. The third-order valence-electron chi connectivity index (χ3n) is 5.56. The molecule has 5 heteroatoms. The number of allylic oxidation sites excluding steroid dienone is 2. The van der Waals surface area contributed by atoms with Crippen LogP contribution in [0.25, 0.3) is 0 Å². The van der Waals surface area contributed by atoms with Crippen molar-refractivity contribution in [3.63, 3.8) is 0 Å². The molecule has 0 radical (unpaired) electrons. The largest absolute Gasteiger partial charge is 0.465 e. The van der Waals surface area contributed by atoms with E-state index in [1.807, 2.05) is 31.2 Å². The summed E-state index contributed by atoms with van der Waals surface area (Å²) in [5, 5.41) is 3.64. The minimum absolute atomic E-state index is 0.132. The van der Waals surface area contributed by atoms with Gasteiger partial charge in [0.05, 0.1) is 30.9 Å². The predicted octanol–water partition coefficient (Wildman–Crippen LogP) is 4.48. The highest BCUT2D eigenvalue weighted by atomic mass is 16.5. The maximum Gasteiger partial charge on any atom is 0.338 e. The summed E-state index contributed by atoms with van der Waals surface area (Å²) in [4.78, 5) is 23.8. The Kier molecular flexibility index (Phi) is 4.90. The van der Waals surface area contributed by atoms with Crippen molar-refractivity contribution < 1.29 is 19.1 Å². The highest BCUT2D eigenvalue weighted by molar-refractivity contribution is 5.91. The van der Waals surface area contributed by atoms with Gasteiger partial charge in [-0.2, -0.15) is 0 Å². The van der Waals surface area contributed by atoms with Crippen molar-refractivity contribution in [1.82, 2.24) is 0 Å². The van der Waals surface area contributed by atoms with E-state index >= 15 is 0 Å². The molecule has 0 amide bonds. The normalized spacial score (nSPS) is 22.0. The number of carbonyl (C=O) groups excluding carboxylic acids is 2. The summed E-state index contributed by atoms with van der Waals surface area (Å²) in [5.74, 6) is -0.0189. The Morgan fingerprint density at radius 1 is 1.07 bits per heavy atom. The third kappa shape index (κ3) is 3.17. The molecule has 0 aromatic heterocycles. The summed E-state index contributed by atoms with van der Waals surface area (Å²) in [6.07, 6.45) is 5.40. The zero-order valence-electron chi connectivity index (χ0n) is 16.0. The Hall–Kier alpha value is -3.08. The molecule has 3 unspecified atom stereocenters. The summed E-state index contributed by atoms with van der Waals surface area (Å²) < 4.78 is 9.93. The van der Waals surface area contributed by atoms with E-state index in [-0.39, 0.29) is 23.9 Å². The average molecular weight is 377 g/mol. The number of benzene rings is 2. The van der Waals surface area contributed by atoms with Gasteiger partial charge in [0, 0.05) is 11.6 Å². The van der Waals surface area contributed by atoms with E-state index < -0.39 is 0 Å². The lowest BCUT2D eigenvalue weighted by atomic mass is 9.76. The summed E-state index contributed by atoms with van der Waals surface area (Å²) >= 11 is 0. The van der Waals surface area contributed by atoms with Gasteiger partial charge in [0.2, 0.25) is 0 Å². The zero-order valence-corrected chi connectivity index (χ0v) is 16.0. The van der Waals surface area contributed by atoms with Crippen LogP contribution in [-0.2, 0) is 9.47 Å². The number of esters is 2. The molecule has 28 heavy (non-hydrogen) atoms. The number of nitrogens with one attached hydrogen (secondary N) is 1. The molecular formula is C23H23NO4. The van der Waals surface area contributed by atoms with Crippen LogP contribution >= 0.6 is 0 Å². The molecule has 1 aliphatic heterocycles. The zero-order chi connectivity index (χ0) is 19.7. The fourth-order valence-electron chi connectivity index (χ4n) is 4.21. The number of hydrogen-bond donors (Lipinski definition) is 1. The van der Waals surface area contributed by atoms with Gasteiger partial charge in [-0.25, -0.2) is 9.59 Å². The maximum absolute atomic E-state index is 12.1. The minimum atomic E-state index is -0.333. The third-order valence-corrected chi connectivity index (χ3v) is 5.56. The minimum Gasteiger partial charge on any atom is -0.465 e. The molecule has 1 N–H and O–H groups in total. The second-order valence-corrected chi connectivity index (χ2v) is 7.11. The van der Waals surface area contributed by atoms with Crippen molar-refractivity contribution >= 4 is 17.6 Å². The maximum atomic E-state index is 12.1. The average Bonchev–Trinajstić information content (AvgIpc) is 3.23. The second kappa shape index (κ2) is 7.50. The van der Waals surface area contributed by atoms with Crippen LogP contribution in [0.4, 0.5) is 5.69 Å². The van der Waals surface area contributed by atoms with Gasteiger partial charge in [0.25, 0.3) is 0 Å². The lowest BCUT2D eigenvalue weighted by Crippen LogP contribution is -2.29. The van der Waals surface area contributed by atoms with Gasteiger partial charge in [-0.3, -0.25) is 0 Å². The molecule has 3 atom stereocenters. The molecule has 2 aromatic carbocycles. The standard InChI is InChI=1S/C23H23NO4/c1-3-28-23(26)16-11-12-20-19(13-16)17-5-4-6-18(17)21(24-20)14-7-9-15(10-8-14)22(25)27-2/h4-5,7-13,17-18,21,24H,3,6H2,1-2H3. The van der Waals surface area contributed by atoms with Gasteiger partial charge >= 0.3 is 11.9 Å². The molecule has 144 valence electrons. The number of rotatable bonds is 4. The van der Waals surface area contributed by atoms with E-state index in [1.165, 1.54) is 7.11 Å². The molecule has 0 bridgehead atoms. The number of methoxy groups -OCH3 is 1. The molecule has 0 saturated carbocycles. The number of ether oxygens (including phenoxy) is 2. The first-order valence-electron chi connectivity index (χ1n) is 9.55. The van der Waals surface area contributed by atoms with E-state index in [1.54, 1.807) is 18.2 Å². The van der Waals surface area contributed by atoms with E-state index in [0.29, 0.717) is 23.7 Å².